The molecule has 0 aromatic rings. The van der Waals surface area contributed by atoms with E-state index in [1.807, 2.05) is 0 Å². The van der Waals surface area contributed by atoms with Crippen LogP contribution in [0.1, 0.15) is 39.5 Å². The molecule has 2 aliphatic rings. The van der Waals surface area contributed by atoms with Crippen molar-refractivity contribution in [1.82, 2.24) is 10.0 Å². The molecule has 0 radical (unpaired) electrons. The molecule has 2 fully saturated rings. The van der Waals surface area contributed by atoms with Crippen LogP contribution in [0.3, 0.4) is 0 Å². The zero-order valence-corrected chi connectivity index (χ0v) is 12.2. The molecule has 102 valence electrons. The lowest BCUT2D eigenvalue weighted by molar-refractivity contribution is 0.0955. The van der Waals surface area contributed by atoms with Crippen LogP contribution in [0.2, 0.25) is 0 Å². The third kappa shape index (κ3) is 3.34. The van der Waals surface area contributed by atoms with Gasteiger partial charge in [-0.1, -0.05) is 0 Å². The molecule has 4 nitrogen and oxygen atoms in total. The summed E-state index contributed by atoms with van der Waals surface area (Å²) in [5, 5.41) is 2.99. The SMILES string of the molecule is CC(C)S(=O)(=O)NC1CCC2(CC1)CNC2.Cl. The molecule has 0 bridgehead atoms. The van der Waals surface area contributed by atoms with Gasteiger partial charge in [-0.3, -0.25) is 0 Å². The minimum Gasteiger partial charge on any atom is -0.316 e. The van der Waals surface area contributed by atoms with Crippen LogP contribution < -0.4 is 10.0 Å². The molecule has 0 atom stereocenters. The van der Waals surface area contributed by atoms with Gasteiger partial charge in [-0.05, 0) is 44.9 Å². The number of hydrogen-bond donors (Lipinski definition) is 2. The van der Waals surface area contributed by atoms with E-state index in [4.69, 9.17) is 0 Å². The van der Waals surface area contributed by atoms with E-state index >= 15 is 0 Å². The molecule has 0 aromatic carbocycles. The average molecular weight is 283 g/mol. The minimum absolute atomic E-state index is 0. The van der Waals surface area contributed by atoms with Crippen LogP contribution in [0.25, 0.3) is 0 Å². The maximum atomic E-state index is 11.7. The maximum Gasteiger partial charge on any atom is 0.214 e. The molecule has 2 N–H and O–H groups in total. The maximum absolute atomic E-state index is 11.7. The lowest BCUT2D eigenvalue weighted by atomic mass is 9.69. The molecule has 17 heavy (non-hydrogen) atoms. The van der Waals surface area contributed by atoms with Gasteiger partial charge >= 0.3 is 0 Å². The van der Waals surface area contributed by atoms with Crippen LogP contribution >= 0.6 is 12.4 Å². The lowest BCUT2D eigenvalue weighted by Gasteiger charge is -2.47. The van der Waals surface area contributed by atoms with Crippen molar-refractivity contribution in [2.45, 2.75) is 50.8 Å². The lowest BCUT2D eigenvalue weighted by Crippen LogP contribution is -2.56. The van der Waals surface area contributed by atoms with Crippen LogP contribution in [0.5, 0.6) is 0 Å². The third-order valence-corrected chi connectivity index (χ3v) is 5.90. The van der Waals surface area contributed by atoms with Crippen LogP contribution in [-0.4, -0.2) is 32.8 Å². The normalized spacial score (nSPS) is 24.4. The van der Waals surface area contributed by atoms with Gasteiger partial charge in [0.1, 0.15) is 0 Å². The zero-order chi connectivity index (χ0) is 11.8. The number of nitrogens with one attached hydrogen (secondary N) is 2. The van der Waals surface area contributed by atoms with E-state index in [0.29, 0.717) is 5.41 Å². The second-order valence-corrected chi connectivity index (χ2v) is 7.86. The van der Waals surface area contributed by atoms with E-state index < -0.39 is 10.0 Å². The number of hydrogen-bond acceptors (Lipinski definition) is 3. The highest BCUT2D eigenvalue weighted by Gasteiger charge is 2.40. The van der Waals surface area contributed by atoms with Gasteiger partial charge in [-0.25, -0.2) is 13.1 Å². The highest BCUT2D eigenvalue weighted by atomic mass is 35.5. The Morgan fingerprint density at radius 2 is 1.76 bits per heavy atom. The third-order valence-electron chi connectivity index (χ3n) is 4.00. The van der Waals surface area contributed by atoms with Gasteiger partial charge in [0.25, 0.3) is 0 Å². The van der Waals surface area contributed by atoms with Crippen molar-refractivity contribution in [2.24, 2.45) is 5.41 Å². The zero-order valence-electron chi connectivity index (χ0n) is 10.5. The van der Waals surface area contributed by atoms with E-state index in [1.54, 1.807) is 13.8 Å². The molecule has 2 rings (SSSR count). The molecule has 1 spiro atoms. The van der Waals surface area contributed by atoms with Crippen molar-refractivity contribution in [3.05, 3.63) is 0 Å². The van der Waals surface area contributed by atoms with Gasteiger partial charge in [0.15, 0.2) is 0 Å². The van der Waals surface area contributed by atoms with Gasteiger partial charge in [-0.15, -0.1) is 12.4 Å². The molecule has 1 saturated heterocycles. The fourth-order valence-electron chi connectivity index (χ4n) is 2.55. The van der Waals surface area contributed by atoms with E-state index in [-0.39, 0.29) is 23.7 Å². The number of halogens is 1. The Bertz CT molecular complexity index is 342. The van der Waals surface area contributed by atoms with Crippen LogP contribution in [-0.2, 0) is 10.0 Å². The smallest absolute Gasteiger partial charge is 0.214 e. The summed E-state index contributed by atoms with van der Waals surface area (Å²) in [6.07, 6.45) is 4.30. The van der Waals surface area contributed by atoms with E-state index in [0.717, 1.165) is 38.8 Å². The molecular formula is C11H23ClN2O2S. The predicted octanol–water partition coefficient (Wildman–Crippen LogP) is 1.27. The van der Waals surface area contributed by atoms with Crippen molar-refractivity contribution in [1.29, 1.82) is 0 Å². The van der Waals surface area contributed by atoms with Gasteiger partial charge in [0, 0.05) is 19.1 Å². The van der Waals surface area contributed by atoms with Gasteiger partial charge in [0.2, 0.25) is 10.0 Å². The Morgan fingerprint density at radius 1 is 1.24 bits per heavy atom. The summed E-state index contributed by atoms with van der Waals surface area (Å²) in [6, 6.07) is 0.165. The summed E-state index contributed by atoms with van der Waals surface area (Å²) in [7, 11) is -3.09. The fourth-order valence-corrected chi connectivity index (χ4v) is 3.52. The highest BCUT2D eigenvalue weighted by Crippen LogP contribution is 2.39. The van der Waals surface area contributed by atoms with E-state index in [1.165, 1.54) is 0 Å². The van der Waals surface area contributed by atoms with Crippen LogP contribution in [0.4, 0.5) is 0 Å². The first-order chi connectivity index (χ1) is 7.44. The molecule has 1 aliphatic heterocycles. The van der Waals surface area contributed by atoms with Crippen molar-refractivity contribution >= 4 is 22.4 Å². The first-order valence-electron chi connectivity index (χ1n) is 6.15. The molecule has 0 amide bonds. The monoisotopic (exact) mass is 282 g/mol. The first-order valence-corrected chi connectivity index (χ1v) is 7.70. The summed E-state index contributed by atoms with van der Waals surface area (Å²) in [5.41, 5.74) is 0.500. The van der Waals surface area contributed by atoms with Gasteiger partial charge in [0.05, 0.1) is 5.25 Å². The van der Waals surface area contributed by atoms with Crippen LogP contribution in [0, 0.1) is 5.41 Å². The molecule has 1 heterocycles. The Balaban J connectivity index is 0.00000144. The average Bonchev–Trinajstić information content (AvgIpc) is 2.16. The quantitative estimate of drug-likeness (QED) is 0.820. The van der Waals surface area contributed by atoms with Gasteiger partial charge < -0.3 is 5.32 Å². The summed E-state index contributed by atoms with van der Waals surface area (Å²) >= 11 is 0. The second kappa shape index (κ2) is 5.43. The molecule has 0 aromatic heterocycles. The summed E-state index contributed by atoms with van der Waals surface area (Å²) < 4.78 is 26.3. The largest absolute Gasteiger partial charge is 0.316 e. The molecule has 1 saturated carbocycles. The summed E-state index contributed by atoms with van der Waals surface area (Å²) in [5.74, 6) is 0. The van der Waals surface area contributed by atoms with Crippen molar-refractivity contribution in [3.8, 4) is 0 Å². The summed E-state index contributed by atoms with van der Waals surface area (Å²) in [6.45, 7) is 5.69. The standard InChI is InChI=1S/C11H22N2O2S.ClH/c1-9(2)16(14,15)13-10-3-5-11(6-4-10)7-12-8-11;/h9-10,12-13H,3-8H2,1-2H3;1H. The molecule has 1 aliphatic carbocycles. The van der Waals surface area contributed by atoms with Crippen molar-refractivity contribution in [2.75, 3.05) is 13.1 Å². The van der Waals surface area contributed by atoms with Crippen molar-refractivity contribution in [3.63, 3.8) is 0 Å². The predicted molar refractivity (Wildman–Crippen MR) is 72.0 cm³/mol. The van der Waals surface area contributed by atoms with Gasteiger partial charge in [-0.2, -0.15) is 0 Å². The summed E-state index contributed by atoms with van der Waals surface area (Å²) in [4.78, 5) is 0. The number of sulfonamides is 1. The topological polar surface area (TPSA) is 58.2 Å². The second-order valence-electron chi connectivity index (χ2n) is 5.59. The Kier molecular flexibility index (Phi) is 4.86. The van der Waals surface area contributed by atoms with E-state index in [9.17, 15) is 8.42 Å². The number of rotatable bonds is 3. The molecular weight excluding hydrogens is 260 g/mol. The van der Waals surface area contributed by atoms with E-state index in [2.05, 4.69) is 10.0 Å². The van der Waals surface area contributed by atoms with Crippen molar-refractivity contribution < 1.29 is 8.42 Å². The fraction of sp³-hybridized carbons (Fsp3) is 1.00. The first kappa shape index (κ1) is 15.2. The minimum atomic E-state index is -3.09. The molecule has 0 unspecified atom stereocenters. The Labute approximate surface area is 110 Å². The van der Waals surface area contributed by atoms with Crippen LogP contribution in [0.15, 0.2) is 0 Å². The Hall–Kier alpha value is 0.160. The Morgan fingerprint density at radius 3 is 2.12 bits per heavy atom. The highest BCUT2D eigenvalue weighted by molar-refractivity contribution is 7.90. The molecule has 6 heteroatoms.